The molecule has 1 N–H and O–H groups in total. The van der Waals surface area contributed by atoms with E-state index in [2.05, 4.69) is 11.2 Å². The predicted octanol–water partition coefficient (Wildman–Crippen LogP) is 0.894. The molecule has 5 nitrogen and oxygen atoms in total. The zero-order chi connectivity index (χ0) is 13.1. The maximum Gasteiger partial charge on any atom is 0.330 e. The van der Waals surface area contributed by atoms with Crippen molar-refractivity contribution in [3.05, 3.63) is 0 Å². The second-order valence-corrected chi connectivity index (χ2v) is 4.50. The molecule has 0 aromatic heterocycles. The van der Waals surface area contributed by atoms with E-state index in [-0.39, 0.29) is 0 Å². The highest BCUT2D eigenvalue weighted by Gasteiger charge is 2.46. The lowest BCUT2D eigenvalue weighted by molar-refractivity contribution is -0.149. The predicted molar refractivity (Wildman–Crippen MR) is 61.7 cm³/mol. The summed E-state index contributed by atoms with van der Waals surface area (Å²) in [7, 11) is 0. The van der Waals surface area contributed by atoms with Crippen molar-refractivity contribution in [2.45, 2.75) is 33.1 Å². The van der Waals surface area contributed by atoms with Gasteiger partial charge in [-0.15, -0.1) is 12.3 Å². The van der Waals surface area contributed by atoms with Gasteiger partial charge in [-0.3, -0.25) is 19.8 Å². The van der Waals surface area contributed by atoms with Crippen molar-refractivity contribution in [1.29, 1.82) is 0 Å². The number of hydrogen-bond donors (Lipinski definition) is 1. The molecule has 1 heterocycles. The Morgan fingerprint density at radius 1 is 1.29 bits per heavy atom. The zero-order valence-electron chi connectivity index (χ0n) is 10.1. The summed E-state index contributed by atoms with van der Waals surface area (Å²) in [5.41, 5.74) is -1.18. The SMILES string of the molecule is C#CCCCCN1C(=O)NC(=O)C(C)(C)C1=O. The molecular weight excluding hydrogens is 220 g/mol. The van der Waals surface area contributed by atoms with Crippen molar-refractivity contribution in [2.24, 2.45) is 5.41 Å². The van der Waals surface area contributed by atoms with E-state index >= 15 is 0 Å². The molecule has 0 atom stereocenters. The summed E-state index contributed by atoms with van der Waals surface area (Å²) in [4.78, 5) is 36.0. The summed E-state index contributed by atoms with van der Waals surface area (Å²) in [5.74, 6) is 1.49. The average molecular weight is 236 g/mol. The smallest absolute Gasteiger partial charge is 0.277 e. The zero-order valence-corrected chi connectivity index (χ0v) is 10.1. The summed E-state index contributed by atoms with van der Waals surface area (Å²) in [6.07, 6.45) is 7.12. The van der Waals surface area contributed by atoms with E-state index in [0.717, 1.165) is 11.3 Å². The van der Waals surface area contributed by atoms with Crippen LogP contribution < -0.4 is 5.32 Å². The van der Waals surface area contributed by atoms with Crippen LogP contribution in [0.3, 0.4) is 0 Å². The number of carbonyl (C=O) groups is 3. The summed E-state index contributed by atoms with van der Waals surface area (Å²) < 4.78 is 0. The third kappa shape index (κ3) is 2.64. The first-order chi connectivity index (χ1) is 7.91. The number of nitrogens with one attached hydrogen (secondary N) is 1. The number of imide groups is 2. The molecule has 0 aliphatic carbocycles. The molecule has 17 heavy (non-hydrogen) atoms. The number of barbiturate groups is 1. The lowest BCUT2D eigenvalue weighted by Crippen LogP contribution is -2.61. The molecule has 1 aliphatic rings. The number of hydrogen-bond acceptors (Lipinski definition) is 3. The fraction of sp³-hybridized carbons (Fsp3) is 0.583. The maximum absolute atomic E-state index is 11.9. The standard InChI is InChI=1S/C12H16N2O3/c1-4-5-6-7-8-14-10(16)12(2,3)9(15)13-11(14)17/h1H,5-8H2,2-3H3,(H,13,15,17). The van der Waals surface area contributed by atoms with Crippen LogP contribution >= 0.6 is 0 Å². The lowest BCUT2D eigenvalue weighted by Gasteiger charge is -2.34. The lowest BCUT2D eigenvalue weighted by atomic mass is 9.88. The van der Waals surface area contributed by atoms with Crippen LogP contribution in [0.2, 0.25) is 0 Å². The normalized spacial score (nSPS) is 18.9. The summed E-state index contributed by atoms with van der Waals surface area (Å²) in [6, 6.07) is -0.639. The molecule has 92 valence electrons. The van der Waals surface area contributed by atoms with Gasteiger partial charge in [-0.25, -0.2) is 4.79 Å². The second-order valence-electron chi connectivity index (χ2n) is 4.50. The van der Waals surface area contributed by atoms with E-state index in [0.29, 0.717) is 19.4 Å². The highest BCUT2D eigenvalue weighted by Crippen LogP contribution is 2.23. The molecule has 1 fully saturated rings. The molecular formula is C12H16N2O3. The third-order valence-corrected chi connectivity index (χ3v) is 2.77. The van der Waals surface area contributed by atoms with Crippen LogP contribution in [-0.2, 0) is 9.59 Å². The highest BCUT2D eigenvalue weighted by molar-refractivity contribution is 6.18. The number of carbonyl (C=O) groups excluding carboxylic acids is 3. The summed E-state index contributed by atoms with van der Waals surface area (Å²) in [6.45, 7) is 3.31. The van der Waals surface area contributed by atoms with E-state index in [1.165, 1.54) is 13.8 Å². The Bertz CT molecular complexity index is 393. The average Bonchev–Trinajstić information content (AvgIpc) is 2.26. The van der Waals surface area contributed by atoms with Gasteiger partial charge in [0.15, 0.2) is 0 Å². The molecule has 0 radical (unpaired) electrons. The molecule has 0 saturated carbocycles. The number of terminal acetylenes is 1. The summed E-state index contributed by atoms with van der Waals surface area (Å²) >= 11 is 0. The Kier molecular flexibility index (Phi) is 3.89. The van der Waals surface area contributed by atoms with Gasteiger partial charge in [0.25, 0.3) is 0 Å². The van der Waals surface area contributed by atoms with Gasteiger partial charge in [-0.05, 0) is 26.7 Å². The molecule has 0 unspecified atom stereocenters. The van der Waals surface area contributed by atoms with Gasteiger partial charge in [-0.1, -0.05) is 0 Å². The van der Waals surface area contributed by atoms with Crippen LogP contribution in [0.15, 0.2) is 0 Å². The van der Waals surface area contributed by atoms with Crippen molar-refractivity contribution < 1.29 is 14.4 Å². The Morgan fingerprint density at radius 2 is 1.94 bits per heavy atom. The number of amides is 4. The van der Waals surface area contributed by atoms with E-state index in [9.17, 15) is 14.4 Å². The number of nitrogens with zero attached hydrogens (tertiary/aromatic N) is 1. The molecule has 0 bridgehead atoms. The van der Waals surface area contributed by atoms with E-state index < -0.39 is 23.3 Å². The minimum absolute atomic E-state index is 0.295. The number of unbranched alkanes of at least 4 members (excludes halogenated alkanes) is 2. The van der Waals surface area contributed by atoms with Gasteiger partial charge in [0.2, 0.25) is 11.8 Å². The first-order valence-corrected chi connectivity index (χ1v) is 5.52. The van der Waals surface area contributed by atoms with Crippen LogP contribution in [0.4, 0.5) is 4.79 Å². The minimum atomic E-state index is -1.18. The highest BCUT2D eigenvalue weighted by atomic mass is 16.2. The first kappa shape index (κ1) is 13.2. The maximum atomic E-state index is 11.9. The van der Waals surface area contributed by atoms with Gasteiger partial charge >= 0.3 is 6.03 Å². The monoisotopic (exact) mass is 236 g/mol. The van der Waals surface area contributed by atoms with Crippen molar-refractivity contribution in [3.8, 4) is 12.3 Å². The van der Waals surface area contributed by atoms with Crippen molar-refractivity contribution in [2.75, 3.05) is 6.54 Å². The van der Waals surface area contributed by atoms with Gasteiger partial charge < -0.3 is 0 Å². The molecule has 1 aliphatic heterocycles. The minimum Gasteiger partial charge on any atom is -0.277 e. The van der Waals surface area contributed by atoms with Gasteiger partial charge in [-0.2, -0.15) is 0 Å². The Labute approximate surface area is 101 Å². The molecule has 1 saturated heterocycles. The number of urea groups is 1. The van der Waals surface area contributed by atoms with Gasteiger partial charge in [0.05, 0.1) is 0 Å². The van der Waals surface area contributed by atoms with Crippen molar-refractivity contribution in [3.63, 3.8) is 0 Å². The second kappa shape index (κ2) is 5.00. The Morgan fingerprint density at radius 3 is 2.53 bits per heavy atom. The Balaban J connectivity index is 2.65. The molecule has 1 rings (SSSR count). The fourth-order valence-corrected chi connectivity index (χ4v) is 1.55. The molecule has 0 aromatic rings. The van der Waals surface area contributed by atoms with E-state index in [1.54, 1.807) is 0 Å². The topological polar surface area (TPSA) is 66.5 Å². The molecule has 4 amide bonds. The van der Waals surface area contributed by atoms with Crippen LogP contribution in [0, 0.1) is 17.8 Å². The van der Waals surface area contributed by atoms with Crippen LogP contribution in [0.25, 0.3) is 0 Å². The third-order valence-electron chi connectivity index (χ3n) is 2.77. The van der Waals surface area contributed by atoms with Crippen LogP contribution in [0.1, 0.15) is 33.1 Å². The molecule has 0 aromatic carbocycles. The molecule has 0 spiro atoms. The molecule has 5 heteroatoms. The van der Waals surface area contributed by atoms with E-state index in [1.807, 2.05) is 0 Å². The van der Waals surface area contributed by atoms with Crippen LogP contribution in [-0.4, -0.2) is 29.3 Å². The van der Waals surface area contributed by atoms with Gasteiger partial charge in [0, 0.05) is 13.0 Å². The largest absolute Gasteiger partial charge is 0.330 e. The van der Waals surface area contributed by atoms with Gasteiger partial charge in [0.1, 0.15) is 5.41 Å². The van der Waals surface area contributed by atoms with E-state index in [4.69, 9.17) is 6.42 Å². The fourth-order valence-electron chi connectivity index (χ4n) is 1.55. The van der Waals surface area contributed by atoms with Crippen LogP contribution in [0.5, 0.6) is 0 Å². The number of rotatable bonds is 4. The quantitative estimate of drug-likeness (QED) is 0.448. The van der Waals surface area contributed by atoms with Crippen molar-refractivity contribution >= 4 is 17.8 Å². The van der Waals surface area contributed by atoms with Crippen molar-refractivity contribution in [1.82, 2.24) is 10.2 Å². The Hall–Kier alpha value is -1.83. The first-order valence-electron chi connectivity index (χ1n) is 5.52. The summed E-state index contributed by atoms with van der Waals surface area (Å²) in [5, 5.41) is 2.18.